The molecule has 0 amide bonds. The fourth-order valence-corrected chi connectivity index (χ4v) is 1.21. The molecule has 0 aromatic carbocycles. The Bertz CT molecular complexity index is 122. The molecule has 0 fully saturated rings. The zero-order valence-electron chi connectivity index (χ0n) is 11.4. The van der Waals surface area contributed by atoms with Gasteiger partial charge in [-0.2, -0.15) is 0 Å². The van der Waals surface area contributed by atoms with Crippen LogP contribution in [0.2, 0.25) is 0 Å². The first-order valence-corrected chi connectivity index (χ1v) is 6.53. The van der Waals surface area contributed by atoms with E-state index in [4.69, 9.17) is 9.47 Å². The zero-order valence-corrected chi connectivity index (χ0v) is 11.4. The van der Waals surface area contributed by atoms with Crippen LogP contribution in [0.4, 0.5) is 0 Å². The normalized spacial score (nSPS) is 11.6. The number of hydrogen-bond acceptors (Lipinski definition) is 3. The van der Waals surface area contributed by atoms with Crippen molar-refractivity contribution in [3.05, 3.63) is 0 Å². The van der Waals surface area contributed by atoms with Crippen LogP contribution in [0, 0.1) is 5.92 Å². The van der Waals surface area contributed by atoms with Crippen LogP contribution in [0.3, 0.4) is 0 Å². The molecule has 3 nitrogen and oxygen atoms in total. The van der Waals surface area contributed by atoms with Crippen molar-refractivity contribution in [2.45, 2.75) is 46.6 Å². The van der Waals surface area contributed by atoms with Gasteiger partial charge in [0.05, 0.1) is 12.7 Å². The lowest BCUT2D eigenvalue weighted by atomic mass is 10.1. The first-order valence-electron chi connectivity index (χ1n) is 6.53. The largest absolute Gasteiger partial charge is 0.380 e. The molecule has 0 heterocycles. The monoisotopic (exact) mass is 231 g/mol. The third-order valence-electron chi connectivity index (χ3n) is 2.21. The van der Waals surface area contributed by atoms with Gasteiger partial charge in [0.15, 0.2) is 0 Å². The lowest BCUT2D eigenvalue weighted by Crippen LogP contribution is -2.22. The van der Waals surface area contributed by atoms with Crippen molar-refractivity contribution in [3.8, 4) is 0 Å². The van der Waals surface area contributed by atoms with E-state index in [0.29, 0.717) is 6.10 Å². The van der Waals surface area contributed by atoms with E-state index in [9.17, 15) is 0 Å². The summed E-state index contributed by atoms with van der Waals surface area (Å²) in [5.74, 6) is 0.737. The summed E-state index contributed by atoms with van der Waals surface area (Å²) in [5.41, 5.74) is 0. The molecule has 0 saturated heterocycles. The highest BCUT2D eigenvalue weighted by Gasteiger charge is 1.95. The van der Waals surface area contributed by atoms with Gasteiger partial charge in [0.2, 0.25) is 0 Å². The molecule has 0 bridgehead atoms. The quantitative estimate of drug-likeness (QED) is 0.554. The summed E-state index contributed by atoms with van der Waals surface area (Å²) in [7, 11) is 0. The van der Waals surface area contributed by atoms with Gasteiger partial charge in [-0.05, 0) is 39.2 Å². The minimum Gasteiger partial charge on any atom is -0.380 e. The second kappa shape index (κ2) is 11.4. The van der Waals surface area contributed by atoms with Gasteiger partial charge in [0.1, 0.15) is 0 Å². The maximum Gasteiger partial charge on any atom is 0.0590 e. The second-order valence-corrected chi connectivity index (χ2v) is 4.82. The molecule has 0 atom stereocenters. The average molecular weight is 231 g/mol. The van der Waals surface area contributed by atoms with Crippen molar-refractivity contribution < 1.29 is 9.47 Å². The van der Waals surface area contributed by atoms with Crippen LogP contribution in [0.25, 0.3) is 0 Å². The Morgan fingerprint density at radius 2 is 1.69 bits per heavy atom. The lowest BCUT2D eigenvalue weighted by molar-refractivity contribution is 0.0762. The molecule has 0 radical (unpaired) electrons. The number of rotatable bonds is 11. The van der Waals surface area contributed by atoms with E-state index in [1.807, 2.05) is 0 Å². The topological polar surface area (TPSA) is 30.5 Å². The van der Waals surface area contributed by atoms with Gasteiger partial charge in [-0.15, -0.1) is 0 Å². The Hall–Kier alpha value is -0.120. The van der Waals surface area contributed by atoms with Crippen LogP contribution >= 0.6 is 0 Å². The number of nitrogens with one attached hydrogen (secondary N) is 1. The van der Waals surface area contributed by atoms with Crippen LogP contribution in [0.1, 0.15) is 40.5 Å². The predicted octanol–water partition coefficient (Wildman–Crippen LogP) is 2.45. The van der Waals surface area contributed by atoms with Crippen LogP contribution in [0.15, 0.2) is 0 Å². The van der Waals surface area contributed by atoms with Crippen LogP contribution < -0.4 is 5.32 Å². The summed E-state index contributed by atoms with van der Waals surface area (Å²) in [4.78, 5) is 0. The van der Waals surface area contributed by atoms with Crippen molar-refractivity contribution >= 4 is 0 Å². The first-order chi connectivity index (χ1) is 7.63. The van der Waals surface area contributed by atoms with Crippen molar-refractivity contribution in [1.29, 1.82) is 0 Å². The van der Waals surface area contributed by atoms with Gasteiger partial charge in [-0.25, -0.2) is 0 Å². The van der Waals surface area contributed by atoms with Crippen molar-refractivity contribution in [2.24, 2.45) is 5.92 Å². The highest BCUT2D eigenvalue weighted by Crippen LogP contribution is 1.98. The van der Waals surface area contributed by atoms with Crippen LogP contribution in [-0.2, 0) is 9.47 Å². The fraction of sp³-hybridized carbons (Fsp3) is 1.00. The fourth-order valence-electron chi connectivity index (χ4n) is 1.21. The molecule has 0 unspecified atom stereocenters. The van der Waals surface area contributed by atoms with E-state index in [2.05, 4.69) is 33.0 Å². The summed E-state index contributed by atoms with van der Waals surface area (Å²) in [6, 6.07) is 0. The second-order valence-electron chi connectivity index (χ2n) is 4.82. The van der Waals surface area contributed by atoms with Crippen molar-refractivity contribution in [2.75, 3.05) is 32.9 Å². The summed E-state index contributed by atoms with van der Waals surface area (Å²) < 4.78 is 10.9. The molecule has 0 aliphatic heterocycles. The van der Waals surface area contributed by atoms with Gasteiger partial charge in [0.25, 0.3) is 0 Å². The summed E-state index contributed by atoms with van der Waals surface area (Å²) in [6.07, 6.45) is 2.58. The average Bonchev–Trinajstić information content (AvgIpc) is 2.20. The standard InChI is InChI=1S/C13H29NO2/c1-12(2)6-10-15-11-8-14-7-5-9-16-13(3)4/h12-14H,5-11H2,1-4H3. The Morgan fingerprint density at radius 3 is 2.31 bits per heavy atom. The highest BCUT2D eigenvalue weighted by molar-refractivity contribution is 4.48. The molecule has 16 heavy (non-hydrogen) atoms. The minimum absolute atomic E-state index is 0.347. The Labute approximate surface area is 101 Å². The first kappa shape index (κ1) is 15.9. The van der Waals surface area contributed by atoms with E-state index < -0.39 is 0 Å². The molecule has 0 aliphatic carbocycles. The Morgan fingerprint density at radius 1 is 0.938 bits per heavy atom. The van der Waals surface area contributed by atoms with Gasteiger partial charge in [-0.1, -0.05) is 13.8 Å². The molecule has 0 aliphatic rings. The molecular weight excluding hydrogens is 202 g/mol. The Balaban J connectivity index is 2.93. The summed E-state index contributed by atoms with van der Waals surface area (Å²) >= 11 is 0. The number of hydrogen-bond donors (Lipinski definition) is 1. The molecule has 98 valence electrons. The van der Waals surface area contributed by atoms with Crippen molar-refractivity contribution in [3.63, 3.8) is 0 Å². The lowest BCUT2D eigenvalue weighted by Gasteiger charge is -2.09. The van der Waals surface area contributed by atoms with E-state index in [1.165, 1.54) is 0 Å². The van der Waals surface area contributed by atoms with Gasteiger partial charge in [0, 0.05) is 19.8 Å². The molecule has 0 aromatic heterocycles. The predicted molar refractivity (Wildman–Crippen MR) is 68.8 cm³/mol. The maximum atomic E-state index is 5.50. The third kappa shape index (κ3) is 13.9. The maximum absolute atomic E-state index is 5.50. The zero-order chi connectivity index (χ0) is 12.2. The SMILES string of the molecule is CC(C)CCOCCNCCCOC(C)C. The number of ether oxygens (including phenoxy) is 2. The highest BCUT2D eigenvalue weighted by atomic mass is 16.5. The van der Waals surface area contributed by atoms with Crippen LogP contribution in [-0.4, -0.2) is 39.0 Å². The van der Waals surface area contributed by atoms with Crippen molar-refractivity contribution in [1.82, 2.24) is 5.32 Å². The van der Waals surface area contributed by atoms with Gasteiger partial charge < -0.3 is 14.8 Å². The molecule has 0 spiro atoms. The molecule has 1 N–H and O–H groups in total. The molecule has 0 aromatic rings. The Kier molecular flexibility index (Phi) is 11.3. The van der Waals surface area contributed by atoms with Gasteiger partial charge in [-0.3, -0.25) is 0 Å². The molecule has 0 rings (SSSR count). The molecular formula is C13H29NO2. The summed E-state index contributed by atoms with van der Waals surface area (Å²) in [6.45, 7) is 13.1. The van der Waals surface area contributed by atoms with Crippen LogP contribution in [0.5, 0.6) is 0 Å². The minimum atomic E-state index is 0.347. The summed E-state index contributed by atoms with van der Waals surface area (Å²) in [5, 5.41) is 3.34. The van der Waals surface area contributed by atoms with E-state index in [1.54, 1.807) is 0 Å². The third-order valence-corrected chi connectivity index (χ3v) is 2.21. The smallest absolute Gasteiger partial charge is 0.0590 e. The molecule has 0 saturated carbocycles. The van der Waals surface area contributed by atoms with E-state index in [0.717, 1.165) is 51.7 Å². The van der Waals surface area contributed by atoms with E-state index in [-0.39, 0.29) is 0 Å². The van der Waals surface area contributed by atoms with Gasteiger partial charge >= 0.3 is 0 Å². The molecule has 3 heteroatoms. The van der Waals surface area contributed by atoms with E-state index >= 15 is 0 Å².